The van der Waals surface area contributed by atoms with Crippen LogP contribution in [0.15, 0.2) is 29.2 Å². The average Bonchev–Trinajstić information content (AvgIpc) is 2.33. The van der Waals surface area contributed by atoms with E-state index in [0.29, 0.717) is 11.3 Å². The van der Waals surface area contributed by atoms with Gasteiger partial charge in [-0.1, -0.05) is 26.0 Å². The molecular weight excluding hydrogens is 240 g/mol. The molecule has 1 heterocycles. The normalized spacial score (nSPS) is 22.6. The largest absolute Gasteiger partial charge is 0.303 e. The van der Waals surface area contributed by atoms with Gasteiger partial charge in [-0.25, -0.2) is 0 Å². The van der Waals surface area contributed by atoms with E-state index in [0.717, 1.165) is 13.1 Å². The van der Waals surface area contributed by atoms with Crippen LogP contribution in [0, 0.1) is 0 Å². The molecule has 0 spiro atoms. The Kier molecular flexibility index (Phi) is 4.71. The standard InChI is InChI=1S/C15H24N2S/c1-12(2)18-14-7-5-13(6-8-14)15-11-16(3)9-10-17(15)4/h5-8,12,15H,9-11H2,1-4H3. The first-order chi connectivity index (χ1) is 8.56. The lowest BCUT2D eigenvalue weighted by atomic mass is 10.0. The third-order valence-corrected chi connectivity index (χ3v) is 4.50. The maximum Gasteiger partial charge on any atom is 0.0472 e. The number of benzene rings is 1. The van der Waals surface area contributed by atoms with Crippen molar-refractivity contribution in [3.8, 4) is 0 Å². The van der Waals surface area contributed by atoms with Gasteiger partial charge < -0.3 is 4.90 Å². The summed E-state index contributed by atoms with van der Waals surface area (Å²) < 4.78 is 0. The fraction of sp³-hybridized carbons (Fsp3) is 0.600. The van der Waals surface area contributed by atoms with Gasteiger partial charge in [-0.15, -0.1) is 11.8 Å². The van der Waals surface area contributed by atoms with Crippen LogP contribution in [0.3, 0.4) is 0 Å². The van der Waals surface area contributed by atoms with E-state index in [1.807, 2.05) is 11.8 Å². The number of nitrogens with zero attached hydrogens (tertiary/aromatic N) is 2. The van der Waals surface area contributed by atoms with Crippen LogP contribution in [0.2, 0.25) is 0 Å². The average molecular weight is 264 g/mol. The molecule has 18 heavy (non-hydrogen) atoms. The Labute approximate surface area is 115 Å². The summed E-state index contributed by atoms with van der Waals surface area (Å²) in [6.07, 6.45) is 0. The predicted molar refractivity (Wildman–Crippen MR) is 80.3 cm³/mol. The molecule has 1 fully saturated rings. The molecule has 0 saturated carbocycles. The second-order valence-electron chi connectivity index (χ2n) is 5.49. The number of thioether (sulfide) groups is 1. The lowest BCUT2D eigenvalue weighted by Gasteiger charge is -2.38. The molecule has 2 nitrogen and oxygen atoms in total. The second kappa shape index (κ2) is 6.09. The van der Waals surface area contributed by atoms with Gasteiger partial charge in [0.15, 0.2) is 0 Å². The van der Waals surface area contributed by atoms with E-state index in [-0.39, 0.29) is 0 Å². The molecule has 0 amide bonds. The Balaban J connectivity index is 2.08. The molecule has 0 aliphatic carbocycles. The van der Waals surface area contributed by atoms with Gasteiger partial charge in [0, 0.05) is 35.8 Å². The molecule has 1 saturated heterocycles. The maximum absolute atomic E-state index is 2.46. The second-order valence-corrected chi connectivity index (χ2v) is 7.14. The fourth-order valence-electron chi connectivity index (χ4n) is 2.41. The Morgan fingerprint density at radius 2 is 1.78 bits per heavy atom. The van der Waals surface area contributed by atoms with Gasteiger partial charge in [0.1, 0.15) is 0 Å². The lowest BCUT2D eigenvalue weighted by molar-refractivity contribution is 0.115. The predicted octanol–water partition coefficient (Wildman–Crippen LogP) is 3.11. The summed E-state index contributed by atoms with van der Waals surface area (Å²) in [4.78, 5) is 6.26. The van der Waals surface area contributed by atoms with Crippen molar-refractivity contribution in [3.05, 3.63) is 29.8 Å². The van der Waals surface area contributed by atoms with E-state index in [1.165, 1.54) is 17.0 Å². The molecular formula is C15H24N2S. The number of likely N-dealkylation sites (N-methyl/N-ethyl adjacent to an activating group) is 2. The molecule has 0 radical (unpaired) electrons. The number of rotatable bonds is 3. The summed E-state index contributed by atoms with van der Waals surface area (Å²) in [5.74, 6) is 0. The molecule has 1 unspecified atom stereocenters. The van der Waals surface area contributed by atoms with Gasteiger partial charge in [-0.3, -0.25) is 4.90 Å². The van der Waals surface area contributed by atoms with Crippen LogP contribution in [-0.4, -0.2) is 48.8 Å². The molecule has 0 bridgehead atoms. The minimum Gasteiger partial charge on any atom is -0.303 e. The minimum absolute atomic E-state index is 0.543. The van der Waals surface area contributed by atoms with Crippen molar-refractivity contribution in [2.45, 2.75) is 30.0 Å². The zero-order chi connectivity index (χ0) is 13.1. The van der Waals surface area contributed by atoms with E-state index in [9.17, 15) is 0 Å². The van der Waals surface area contributed by atoms with Gasteiger partial charge in [0.05, 0.1) is 0 Å². The first-order valence-corrected chi connectivity index (χ1v) is 7.59. The topological polar surface area (TPSA) is 6.48 Å². The Bertz CT molecular complexity index is 375. The Morgan fingerprint density at radius 3 is 2.39 bits per heavy atom. The lowest BCUT2D eigenvalue weighted by Crippen LogP contribution is -2.44. The molecule has 2 rings (SSSR count). The molecule has 1 aliphatic heterocycles. The highest BCUT2D eigenvalue weighted by Crippen LogP contribution is 2.27. The van der Waals surface area contributed by atoms with Gasteiger partial charge in [-0.2, -0.15) is 0 Å². The van der Waals surface area contributed by atoms with Crippen molar-refractivity contribution in [3.63, 3.8) is 0 Å². The Hall–Kier alpha value is -0.510. The van der Waals surface area contributed by atoms with Crippen molar-refractivity contribution in [1.29, 1.82) is 0 Å². The van der Waals surface area contributed by atoms with Crippen LogP contribution in [0.1, 0.15) is 25.5 Å². The van der Waals surface area contributed by atoms with Crippen molar-refractivity contribution in [2.24, 2.45) is 0 Å². The highest BCUT2D eigenvalue weighted by Gasteiger charge is 2.23. The molecule has 0 N–H and O–H groups in total. The third kappa shape index (κ3) is 3.50. The van der Waals surface area contributed by atoms with E-state index in [1.54, 1.807) is 0 Å². The van der Waals surface area contributed by atoms with Crippen LogP contribution in [-0.2, 0) is 0 Å². The van der Waals surface area contributed by atoms with Gasteiger partial charge in [0.25, 0.3) is 0 Å². The highest BCUT2D eigenvalue weighted by atomic mass is 32.2. The van der Waals surface area contributed by atoms with E-state index in [2.05, 4.69) is 62.0 Å². The monoisotopic (exact) mass is 264 g/mol. The Morgan fingerprint density at radius 1 is 1.11 bits per heavy atom. The van der Waals surface area contributed by atoms with E-state index in [4.69, 9.17) is 0 Å². The molecule has 0 aromatic heterocycles. The van der Waals surface area contributed by atoms with Gasteiger partial charge in [0.2, 0.25) is 0 Å². The summed E-state index contributed by atoms with van der Waals surface area (Å²) in [7, 11) is 4.44. The quantitative estimate of drug-likeness (QED) is 0.775. The summed E-state index contributed by atoms with van der Waals surface area (Å²) in [5, 5.41) is 0.652. The first kappa shape index (κ1) is 13.9. The molecule has 1 aromatic rings. The molecule has 100 valence electrons. The van der Waals surface area contributed by atoms with Crippen molar-refractivity contribution in [2.75, 3.05) is 33.7 Å². The molecule has 1 atom stereocenters. The van der Waals surface area contributed by atoms with Crippen LogP contribution < -0.4 is 0 Å². The maximum atomic E-state index is 2.46. The fourth-order valence-corrected chi connectivity index (χ4v) is 3.25. The van der Waals surface area contributed by atoms with Gasteiger partial charge in [-0.05, 0) is 31.8 Å². The molecule has 1 aromatic carbocycles. The first-order valence-electron chi connectivity index (χ1n) is 6.71. The zero-order valence-electron chi connectivity index (χ0n) is 11.9. The van der Waals surface area contributed by atoms with Crippen LogP contribution in [0.25, 0.3) is 0 Å². The van der Waals surface area contributed by atoms with Gasteiger partial charge >= 0.3 is 0 Å². The summed E-state index contributed by atoms with van der Waals surface area (Å²) in [6, 6.07) is 9.67. The summed E-state index contributed by atoms with van der Waals surface area (Å²) >= 11 is 1.93. The highest BCUT2D eigenvalue weighted by molar-refractivity contribution is 7.99. The number of hydrogen-bond acceptors (Lipinski definition) is 3. The number of piperazine rings is 1. The van der Waals surface area contributed by atoms with Crippen LogP contribution >= 0.6 is 11.8 Å². The van der Waals surface area contributed by atoms with Crippen LogP contribution in [0.4, 0.5) is 0 Å². The van der Waals surface area contributed by atoms with Crippen molar-refractivity contribution >= 4 is 11.8 Å². The third-order valence-electron chi connectivity index (χ3n) is 3.49. The SMILES string of the molecule is CC(C)Sc1ccc(C2CN(C)CCN2C)cc1. The van der Waals surface area contributed by atoms with Crippen LogP contribution in [0.5, 0.6) is 0 Å². The smallest absolute Gasteiger partial charge is 0.0472 e. The summed E-state index contributed by atoms with van der Waals surface area (Å²) in [6.45, 7) is 7.94. The van der Waals surface area contributed by atoms with Crippen molar-refractivity contribution < 1.29 is 0 Å². The number of hydrogen-bond donors (Lipinski definition) is 0. The van der Waals surface area contributed by atoms with E-state index >= 15 is 0 Å². The van der Waals surface area contributed by atoms with E-state index < -0.39 is 0 Å². The molecule has 1 aliphatic rings. The van der Waals surface area contributed by atoms with Crippen molar-refractivity contribution in [1.82, 2.24) is 9.80 Å². The minimum atomic E-state index is 0.543. The molecule has 3 heteroatoms. The zero-order valence-corrected chi connectivity index (χ0v) is 12.7. The summed E-state index contributed by atoms with van der Waals surface area (Å²) in [5.41, 5.74) is 1.44.